The van der Waals surface area contributed by atoms with Crippen molar-refractivity contribution in [3.8, 4) is 11.1 Å². The Kier molecular flexibility index (Phi) is 7.73. The molecule has 0 bridgehead atoms. The third kappa shape index (κ3) is 6.03. The fourth-order valence-corrected chi connectivity index (χ4v) is 2.61. The van der Waals surface area contributed by atoms with Crippen LogP contribution in [0.2, 0.25) is 0 Å². The van der Waals surface area contributed by atoms with Gasteiger partial charge in [-0.1, -0.05) is 66.3 Å². The van der Waals surface area contributed by atoms with Crippen LogP contribution in [-0.4, -0.2) is 41.3 Å². The molecule has 0 fully saturated rings. The van der Waals surface area contributed by atoms with Crippen LogP contribution >= 0.6 is 0 Å². The van der Waals surface area contributed by atoms with Crippen molar-refractivity contribution in [2.45, 2.75) is 25.3 Å². The maximum atomic E-state index is 9.27. The van der Waals surface area contributed by atoms with Crippen LogP contribution in [0.15, 0.2) is 66.3 Å². The van der Waals surface area contributed by atoms with Gasteiger partial charge in [-0.25, -0.2) is 0 Å². The summed E-state index contributed by atoms with van der Waals surface area (Å²) in [6, 6.07) is 16.4. The summed E-state index contributed by atoms with van der Waals surface area (Å²) < 4.78 is 0. The Morgan fingerprint density at radius 2 is 1.63 bits per heavy atom. The maximum Gasteiger partial charge on any atom is 0.135 e. The Hall–Kier alpha value is -2.47. The van der Waals surface area contributed by atoms with Gasteiger partial charge in [-0.3, -0.25) is 0 Å². The standard InChI is InChI=1S/C22H28N2O3/c1-3-14-27-24-17(2)19-8-10-21(11-9-19)20-6-4-18(5-7-20)12-13-22(23,15-25)16-26/h3-11,25-26H,1,12-16,23H2,2H3. The topological polar surface area (TPSA) is 88.1 Å². The third-order valence-electron chi connectivity index (χ3n) is 4.53. The van der Waals surface area contributed by atoms with E-state index in [1.807, 2.05) is 31.2 Å². The van der Waals surface area contributed by atoms with Crippen LogP contribution < -0.4 is 5.73 Å². The molecule has 0 saturated heterocycles. The Morgan fingerprint density at radius 1 is 1.07 bits per heavy atom. The van der Waals surface area contributed by atoms with Gasteiger partial charge in [0.15, 0.2) is 0 Å². The van der Waals surface area contributed by atoms with Gasteiger partial charge in [-0.15, -0.1) is 0 Å². The summed E-state index contributed by atoms with van der Waals surface area (Å²) in [5, 5.41) is 22.6. The molecule has 0 aliphatic carbocycles. The van der Waals surface area contributed by atoms with E-state index in [1.165, 1.54) is 0 Å². The smallest absolute Gasteiger partial charge is 0.135 e. The quantitative estimate of drug-likeness (QED) is 0.260. The predicted octanol–water partition coefficient (Wildman–Crippen LogP) is 2.89. The van der Waals surface area contributed by atoms with Crippen LogP contribution in [0.25, 0.3) is 11.1 Å². The SMILES string of the molecule is C=CCON=C(C)c1ccc(-c2ccc(CCC(N)(CO)CO)cc2)cc1. The minimum absolute atomic E-state index is 0.227. The van der Waals surface area contributed by atoms with Crippen molar-refractivity contribution in [3.05, 3.63) is 72.3 Å². The van der Waals surface area contributed by atoms with E-state index in [0.29, 0.717) is 19.4 Å². The van der Waals surface area contributed by atoms with E-state index in [4.69, 9.17) is 10.6 Å². The third-order valence-corrected chi connectivity index (χ3v) is 4.53. The summed E-state index contributed by atoms with van der Waals surface area (Å²) in [5.74, 6) is 0. The highest BCUT2D eigenvalue weighted by atomic mass is 16.6. The fraction of sp³-hybridized carbons (Fsp3) is 0.318. The fourth-order valence-electron chi connectivity index (χ4n) is 2.61. The molecule has 0 saturated carbocycles. The molecule has 0 aliphatic heterocycles. The number of benzene rings is 2. The molecule has 0 atom stereocenters. The van der Waals surface area contributed by atoms with E-state index >= 15 is 0 Å². The zero-order chi connectivity index (χ0) is 19.7. The van der Waals surface area contributed by atoms with Crippen molar-refractivity contribution in [1.29, 1.82) is 0 Å². The van der Waals surface area contributed by atoms with E-state index in [-0.39, 0.29) is 13.2 Å². The summed E-state index contributed by atoms with van der Waals surface area (Å²) in [4.78, 5) is 5.12. The Morgan fingerprint density at radius 3 is 2.15 bits per heavy atom. The average Bonchev–Trinajstić information content (AvgIpc) is 2.72. The van der Waals surface area contributed by atoms with Crippen molar-refractivity contribution in [2.24, 2.45) is 10.9 Å². The zero-order valence-corrected chi connectivity index (χ0v) is 15.8. The number of aliphatic hydroxyl groups excluding tert-OH is 2. The van der Waals surface area contributed by atoms with Crippen LogP contribution in [0.4, 0.5) is 0 Å². The summed E-state index contributed by atoms with van der Waals surface area (Å²) in [6.07, 6.45) is 2.89. The van der Waals surface area contributed by atoms with Gasteiger partial charge in [0.1, 0.15) is 6.61 Å². The summed E-state index contributed by atoms with van der Waals surface area (Å²) >= 11 is 0. The van der Waals surface area contributed by atoms with E-state index in [2.05, 4.69) is 36.0 Å². The van der Waals surface area contributed by atoms with Crippen molar-refractivity contribution >= 4 is 5.71 Å². The highest BCUT2D eigenvalue weighted by molar-refractivity contribution is 5.98. The van der Waals surface area contributed by atoms with E-state index in [0.717, 1.165) is 28.0 Å². The van der Waals surface area contributed by atoms with Gasteiger partial charge in [0, 0.05) is 0 Å². The van der Waals surface area contributed by atoms with Gasteiger partial charge in [0.25, 0.3) is 0 Å². The first kappa shape index (κ1) is 20.8. The second-order valence-electron chi connectivity index (χ2n) is 6.71. The summed E-state index contributed by atoms with van der Waals surface area (Å²) in [6.45, 7) is 5.44. The molecule has 0 aromatic heterocycles. The van der Waals surface area contributed by atoms with Crippen molar-refractivity contribution in [2.75, 3.05) is 19.8 Å². The molecule has 2 aromatic carbocycles. The Bertz CT molecular complexity index is 748. The average molecular weight is 368 g/mol. The number of nitrogens with two attached hydrogens (primary N) is 1. The second kappa shape index (κ2) is 10.0. The number of aliphatic hydroxyl groups is 2. The number of rotatable bonds is 10. The molecule has 0 amide bonds. The van der Waals surface area contributed by atoms with Crippen LogP contribution in [0, 0.1) is 0 Å². The lowest BCUT2D eigenvalue weighted by molar-refractivity contribution is 0.115. The van der Waals surface area contributed by atoms with E-state index < -0.39 is 5.54 Å². The van der Waals surface area contributed by atoms with Crippen LogP contribution in [0.1, 0.15) is 24.5 Å². The summed E-state index contributed by atoms with van der Waals surface area (Å²) in [5.41, 5.74) is 10.2. The van der Waals surface area contributed by atoms with Gasteiger partial charge in [-0.2, -0.15) is 0 Å². The Balaban J connectivity index is 2.02. The van der Waals surface area contributed by atoms with Gasteiger partial charge >= 0.3 is 0 Å². The number of aryl methyl sites for hydroxylation is 1. The second-order valence-corrected chi connectivity index (χ2v) is 6.71. The van der Waals surface area contributed by atoms with Crippen LogP contribution in [0.3, 0.4) is 0 Å². The predicted molar refractivity (Wildman–Crippen MR) is 110 cm³/mol. The van der Waals surface area contributed by atoms with E-state index in [1.54, 1.807) is 6.08 Å². The molecule has 2 aromatic rings. The summed E-state index contributed by atoms with van der Waals surface area (Å²) in [7, 11) is 0. The first-order valence-corrected chi connectivity index (χ1v) is 8.99. The molecule has 27 heavy (non-hydrogen) atoms. The highest BCUT2D eigenvalue weighted by Crippen LogP contribution is 2.22. The Labute approximate surface area is 160 Å². The maximum absolute atomic E-state index is 9.27. The van der Waals surface area contributed by atoms with Crippen molar-refractivity contribution in [1.82, 2.24) is 0 Å². The van der Waals surface area contributed by atoms with Crippen LogP contribution in [0.5, 0.6) is 0 Å². The van der Waals surface area contributed by atoms with E-state index in [9.17, 15) is 10.2 Å². The minimum atomic E-state index is -0.927. The molecule has 5 nitrogen and oxygen atoms in total. The molecule has 5 heteroatoms. The lowest BCUT2D eigenvalue weighted by atomic mass is 9.93. The highest BCUT2D eigenvalue weighted by Gasteiger charge is 2.22. The van der Waals surface area contributed by atoms with Crippen molar-refractivity contribution in [3.63, 3.8) is 0 Å². The minimum Gasteiger partial charge on any atom is -0.394 e. The number of nitrogens with zero attached hydrogens (tertiary/aromatic N) is 1. The normalized spacial score (nSPS) is 12.1. The van der Waals surface area contributed by atoms with Gasteiger partial charge in [0.2, 0.25) is 0 Å². The molecule has 144 valence electrons. The molecule has 0 aliphatic rings. The largest absolute Gasteiger partial charge is 0.394 e. The number of hydrogen-bond acceptors (Lipinski definition) is 5. The number of hydrogen-bond donors (Lipinski definition) is 3. The van der Waals surface area contributed by atoms with Gasteiger partial charge < -0.3 is 20.8 Å². The lowest BCUT2D eigenvalue weighted by Gasteiger charge is -2.24. The van der Waals surface area contributed by atoms with Gasteiger partial charge in [0.05, 0.1) is 24.5 Å². The molecular weight excluding hydrogens is 340 g/mol. The van der Waals surface area contributed by atoms with Crippen molar-refractivity contribution < 1.29 is 15.1 Å². The zero-order valence-electron chi connectivity index (χ0n) is 15.8. The molecule has 0 unspecified atom stereocenters. The van der Waals surface area contributed by atoms with Crippen LogP contribution in [-0.2, 0) is 11.3 Å². The van der Waals surface area contributed by atoms with Gasteiger partial charge in [-0.05, 0) is 42.0 Å². The monoisotopic (exact) mass is 368 g/mol. The first-order valence-electron chi connectivity index (χ1n) is 8.99. The molecule has 0 heterocycles. The number of oxime groups is 1. The first-order chi connectivity index (χ1) is 13.0. The molecular formula is C22H28N2O3. The molecule has 2 rings (SSSR count). The lowest BCUT2D eigenvalue weighted by Crippen LogP contribution is -2.47. The molecule has 4 N–H and O–H groups in total. The molecule has 0 radical (unpaired) electrons. The molecule has 0 spiro atoms.